The van der Waals surface area contributed by atoms with Crippen LogP contribution in [0.4, 0.5) is 0 Å². The second-order valence-corrected chi connectivity index (χ2v) is 9.60. The first-order valence-corrected chi connectivity index (χ1v) is 10.8. The molecule has 26 heavy (non-hydrogen) atoms. The Bertz CT molecular complexity index is 980. The van der Waals surface area contributed by atoms with Crippen molar-refractivity contribution in [2.45, 2.75) is 24.2 Å². The quantitative estimate of drug-likeness (QED) is 0.625. The van der Waals surface area contributed by atoms with Crippen LogP contribution < -0.4 is 10.0 Å². The van der Waals surface area contributed by atoms with Crippen LogP contribution in [0.1, 0.15) is 25.9 Å². The maximum absolute atomic E-state index is 12.1. The molecule has 0 atom stereocenters. The normalized spacial score (nSPS) is 11.4. The summed E-state index contributed by atoms with van der Waals surface area (Å²) < 4.78 is 26.9. The second kappa shape index (κ2) is 8.04. The molecule has 3 aromatic rings. The van der Waals surface area contributed by atoms with Crippen molar-refractivity contribution in [2.24, 2.45) is 0 Å². The number of carbonyl (C=O) groups is 1. The highest BCUT2D eigenvalue weighted by Gasteiger charge is 2.15. The molecule has 1 amide bonds. The molecular formula is C16H16N4O3S3. The van der Waals surface area contributed by atoms with Crippen LogP contribution in [-0.4, -0.2) is 24.3 Å². The molecular weight excluding hydrogens is 392 g/mol. The summed E-state index contributed by atoms with van der Waals surface area (Å²) in [5.41, 5.74) is 0.941. The Balaban J connectivity index is 1.55. The van der Waals surface area contributed by atoms with Gasteiger partial charge in [-0.2, -0.15) is 0 Å². The summed E-state index contributed by atoms with van der Waals surface area (Å²) in [6.07, 6.45) is 3.22. The number of carbonyl (C=O) groups excluding carboxylic acids is 1. The molecule has 0 aliphatic carbocycles. The Morgan fingerprint density at radius 1 is 1.15 bits per heavy atom. The summed E-state index contributed by atoms with van der Waals surface area (Å²) >= 11 is 2.68. The van der Waals surface area contributed by atoms with Gasteiger partial charge in [-0.3, -0.25) is 9.78 Å². The van der Waals surface area contributed by atoms with E-state index in [0.29, 0.717) is 12.1 Å². The zero-order valence-electron chi connectivity index (χ0n) is 13.8. The number of amides is 1. The zero-order valence-corrected chi connectivity index (χ0v) is 16.2. The first-order valence-electron chi connectivity index (χ1n) is 7.61. The molecule has 0 radical (unpaired) electrons. The molecule has 0 aromatic carbocycles. The zero-order chi connectivity index (χ0) is 18.6. The molecule has 0 bridgehead atoms. The number of pyridine rings is 1. The molecule has 0 unspecified atom stereocenters. The van der Waals surface area contributed by atoms with Crippen LogP contribution in [0, 0.1) is 6.92 Å². The predicted octanol–water partition coefficient (Wildman–Crippen LogP) is 2.32. The van der Waals surface area contributed by atoms with Crippen LogP contribution in [0.25, 0.3) is 0 Å². The van der Waals surface area contributed by atoms with Crippen molar-refractivity contribution in [3.63, 3.8) is 0 Å². The minimum atomic E-state index is -3.52. The molecule has 2 N–H and O–H groups in total. The number of rotatable bonds is 7. The average molecular weight is 409 g/mol. The summed E-state index contributed by atoms with van der Waals surface area (Å²) in [6.45, 7) is 2.41. The first kappa shape index (κ1) is 18.6. The maximum Gasteiger partial charge on any atom is 0.270 e. The van der Waals surface area contributed by atoms with E-state index in [0.717, 1.165) is 21.2 Å². The molecule has 0 fully saturated rings. The number of aromatic nitrogens is 2. The third kappa shape index (κ3) is 4.73. The minimum Gasteiger partial charge on any atom is -0.346 e. The molecule has 3 heterocycles. The summed E-state index contributed by atoms with van der Waals surface area (Å²) in [6, 6.07) is 6.47. The summed E-state index contributed by atoms with van der Waals surface area (Å²) in [4.78, 5) is 21.3. The Hall–Kier alpha value is -2.14. The van der Waals surface area contributed by atoms with Crippen molar-refractivity contribution in [3.05, 3.63) is 63.2 Å². The van der Waals surface area contributed by atoms with Crippen molar-refractivity contribution in [2.75, 3.05) is 0 Å². The van der Waals surface area contributed by atoms with E-state index in [4.69, 9.17) is 0 Å². The van der Waals surface area contributed by atoms with E-state index in [2.05, 4.69) is 20.0 Å². The fourth-order valence-corrected chi connectivity index (χ4v) is 4.86. The van der Waals surface area contributed by atoms with Crippen molar-refractivity contribution in [3.8, 4) is 0 Å². The molecule has 136 valence electrons. The topological polar surface area (TPSA) is 101 Å². The molecule has 0 saturated carbocycles. The number of aryl methyl sites for hydroxylation is 1. The van der Waals surface area contributed by atoms with Gasteiger partial charge in [-0.15, -0.1) is 22.7 Å². The third-order valence-electron chi connectivity index (χ3n) is 3.38. The van der Waals surface area contributed by atoms with Gasteiger partial charge in [0.2, 0.25) is 10.0 Å². The number of nitrogens with one attached hydrogen (secondary N) is 2. The average Bonchev–Trinajstić information content (AvgIpc) is 3.30. The smallest absolute Gasteiger partial charge is 0.270 e. The summed E-state index contributed by atoms with van der Waals surface area (Å²) in [7, 11) is -3.52. The minimum absolute atomic E-state index is 0.106. The number of hydrogen-bond donors (Lipinski definition) is 2. The van der Waals surface area contributed by atoms with E-state index < -0.39 is 10.0 Å². The lowest BCUT2D eigenvalue weighted by atomic mass is 10.2. The van der Waals surface area contributed by atoms with Crippen molar-refractivity contribution < 1.29 is 13.2 Å². The lowest BCUT2D eigenvalue weighted by Gasteiger charge is -2.06. The van der Waals surface area contributed by atoms with Crippen LogP contribution in [0.15, 0.2) is 46.2 Å². The highest BCUT2D eigenvalue weighted by Crippen LogP contribution is 2.16. The van der Waals surface area contributed by atoms with E-state index in [9.17, 15) is 13.2 Å². The monoisotopic (exact) mass is 408 g/mol. The second-order valence-electron chi connectivity index (χ2n) is 5.34. The van der Waals surface area contributed by atoms with E-state index in [-0.39, 0.29) is 22.4 Å². The molecule has 10 heteroatoms. The largest absolute Gasteiger partial charge is 0.346 e. The van der Waals surface area contributed by atoms with Crippen LogP contribution in [0.5, 0.6) is 0 Å². The van der Waals surface area contributed by atoms with Gasteiger partial charge in [0, 0.05) is 23.8 Å². The van der Waals surface area contributed by atoms with Gasteiger partial charge in [-0.25, -0.2) is 18.1 Å². The van der Waals surface area contributed by atoms with E-state index in [1.54, 1.807) is 35.8 Å². The number of hydrogen-bond acceptors (Lipinski definition) is 7. The van der Waals surface area contributed by atoms with Crippen LogP contribution in [-0.2, 0) is 23.1 Å². The van der Waals surface area contributed by atoms with Gasteiger partial charge in [0.1, 0.15) is 9.90 Å². The van der Waals surface area contributed by atoms with E-state index in [1.807, 2.05) is 6.92 Å². The van der Waals surface area contributed by atoms with Gasteiger partial charge < -0.3 is 5.32 Å². The highest BCUT2D eigenvalue weighted by molar-refractivity contribution is 7.91. The highest BCUT2D eigenvalue weighted by atomic mass is 32.2. The van der Waals surface area contributed by atoms with Gasteiger partial charge in [0.25, 0.3) is 5.91 Å². The summed E-state index contributed by atoms with van der Waals surface area (Å²) in [5, 5.41) is 5.43. The number of thiophene rings is 1. The SMILES string of the molecule is Cc1ncc(CNC(=O)c2ccc(CNS(=O)(=O)c3cccs3)cn2)s1. The Morgan fingerprint density at radius 3 is 2.62 bits per heavy atom. The summed E-state index contributed by atoms with van der Waals surface area (Å²) in [5.74, 6) is -0.290. The van der Waals surface area contributed by atoms with Crippen LogP contribution in [0.3, 0.4) is 0 Å². The van der Waals surface area contributed by atoms with Crippen LogP contribution >= 0.6 is 22.7 Å². The number of sulfonamides is 1. The molecule has 0 aliphatic rings. The van der Waals surface area contributed by atoms with Crippen LogP contribution in [0.2, 0.25) is 0 Å². The Kier molecular flexibility index (Phi) is 5.77. The fourth-order valence-electron chi connectivity index (χ4n) is 2.07. The molecule has 0 aliphatic heterocycles. The van der Waals surface area contributed by atoms with E-state index in [1.165, 1.54) is 17.5 Å². The molecule has 7 nitrogen and oxygen atoms in total. The Labute approximate surface area is 159 Å². The fraction of sp³-hybridized carbons (Fsp3) is 0.188. The number of thiazole rings is 1. The molecule has 3 rings (SSSR count). The van der Waals surface area contributed by atoms with Gasteiger partial charge >= 0.3 is 0 Å². The van der Waals surface area contributed by atoms with E-state index >= 15 is 0 Å². The lowest BCUT2D eigenvalue weighted by Crippen LogP contribution is -2.24. The molecule has 0 spiro atoms. The predicted molar refractivity (Wildman–Crippen MR) is 101 cm³/mol. The van der Waals surface area contributed by atoms with Crippen molar-refractivity contribution >= 4 is 38.6 Å². The third-order valence-corrected chi connectivity index (χ3v) is 7.09. The number of nitrogens with zero attached hydrogens (tertiary/aromatic N) is 2. The van der Waals surface area contributed by atoms with Gasteiger partial charge in [0.15, 0.2) is 0 Å². The molecule has 3 aromatic heterocycles. The molecule has 0 saturated heterocycles. The van der Waals surface area contributed by atoms with Crippen molar-refractivity contribution in [1.82, 2.24) is 20.0 Å². The van der Waals surface area contributed by atoms with Crippen molar-refractivity contribution in [1.29, 1.82) is 0 Å². The standard InChI is InChI=1S/C16H16N4O3S3/c1-11-17-9-13(25-11)10-19-16(21)14-5-4-12(7-18-14)8-20-26(22,23)15-3-2-6-24-15/h2-7,9,20H,8,10H2,1H3,(H,19,21). The maximum atomic E-state index is 12.1. The van der Waals surface area contributed by atoms with Gasteiger partial charge in [-0.05, 0) is 30.0 Å². The van der Waals surface area contributed by atoms with Gasteiger partial charge in [-0.1, -0.05) is 12.1 Å². The first-order chi connectivity index (χ1) is 12.4. The Morgan fingerprint density at radius 2 is 2.00 bits per heavy atom. The lowest BCUT2D eigenvalue weighted by molar-refractivity contribution is 0.0946. The van der Waals surface area contributed by atoms with Gasteiger partial charge in [0.05, 0.1) is 11.6 Å².